The molecule has 1 heteroatoms. The predicted octanol–water partition coefficient (Wildman–Crippen LogP) is 3.04. The van der Waals surface area contributed by atoms with Crippen LogP contribution >= 0.6 is 0 Å². The molecule has 4 atom stereocenters. The summed E-state index contributed by atoms with van der Waals surface area (Å²) in [6, 6.07) is 0.472. The van der Waals surface area contributed by atoms with Gasteiger partial charge in [-0.1, -0.05) is 27.7 Å². The Bertz CT molecular complexity index is 153. The fourth-order valence-corrected chi connectivity index (χ4v) is 2.95. The van der Waals surface area contributed by atoms with Crippen molar-refractivity contribution in [3.63, 3.8) is 0 Å². The highest BCUT2D eigenvalue weighted by Gasteiger charge is 2.33. The van der Waals surface area contributed by atoms with Gasteiger partial charge in [0.2, 0.25) is 0 Å². The lowest BCUT2D eigenvalue weighted by atomic mass is 9.81. The van der Waals surface area contributed by atoms with E-state index < -0.39 is 0 Å². The molecule has 0 aromatic rings. The molecule has 0 aliphatic heterocycles. The minimum atomic E-state index is 0.472. The minimum Gasteiger partial charge on any atom is -0.327 e. The lowest BCUT2D eigenvalue weighted by Gasteiger charge is -2.26. The van der Waals surface area contributed by atoms with Crippen LogP contribution in [0, 0.1) is 23.7 Å². The Morgan fingerprint density at radius 2 is 1.85 bits per heavy atom. The van der Waals surface area contributed by atoms with Gasteiger partial charge in [0.1, 0.15) is 0 Å². The molecule has 13 heavy (non-hydrogen) atoms. The molecule has 0 radical (unpaired) electrons. The molecule has 0 spiro atoms. The normalized spacial score (nSPS) is 36.9. The zero-order chi connectivity index (χ0) is 10.0. The molecular weight excluding hydrogens is 158 g/mol. The summed E-state index contributed by atoms with van der Waals surface area (Å²) in [6.45, 7) is 9.37. The van der Waals surface area contributed by atoms with Crippen LogP contribution in [-0.4, -0.2) is 6.04 Å². The molecule has 78 valence electrons. The van der Waals surface area contributed by atoms with E-state index in [4.69, 9.17) is 5.73 Å². The molecule has 1 saturated carbocycles. The van der Waals surface area contributed by atoms with Crippen molar-refractivity contribution in [2.75, 3.05) is 0 Å². The Hall–Kier alpha value is -0.0400. The maximum Gasteiger partial charge on any atom is 0.00673 e. The molecule has 0 aromatic carbocycles. The van der Waals surface area contributed by atoms with Crippen molar-refractivity contribution in [2.45, 2.75) is 53.0 Å². The molecule has 2 N–H and O–H groups in total. The second-order valence-electron chi connectivity index (χ2n) is 5.37. The summed E-state index contributed by atoms with van der Waals surface area (Å²) in [4.78, 5) is 0. The second-order valence-corrected chi connectivity index (χ2v) is 5.37. The molecule has 0 bridgehead atoms. The van der Waals surface area contributed by atoms with E-state index in [0.29, 0.717) is 6.04 Å². The largest absolute Gasteiger partial charge is 0.327 e. The molecule has 0 aromatic heterocycles. The van der Waals surface area contributed by atoms with Gasteiger partial charge in [-0.05, 0) is 42.9 Å². The number of hydrogen-bond acceptors (Lipinski definition) is 1. The molecule has 1 nitrogen and oxygen atoms in total. The van der Waals surface area contributed by atoms with Gasteiger partial charge in [0.05, 0.1) is 0 Å². The molecule has 4 unspecified atom stereocenters. The lowest BCUT2D eigenvalue weighted by molar-refractivity contribution is 0.248. The predicted molar refractivity (Wildman–Crippen MR) is 58.5 cm³/mol. The molecule has 1 aliphatic carbocycles. The topological polar surface area (TPSA) is 26.0 Å². The summed E-state index contributed by atoms with van der Waals surface area (Å²) in [6.07, 6.45) is 3.96. The molecule has 0 saturated heterocycles. The second kappa shape index (κ2) is 4.45. The van der Waals surface area contributed by atoms with Crippen LogP contribution in [-0.2, 0) is 0 Å². The highest BCUT2D eigenvalue weighted by molar-refractivity contribution is 4.87. The smallest absolute Gasteiger partial charge is 0.00673 e. The summed E-state index contributed by atoms with van der Waals surface area (Å²) in [5.41, 5.74) is 6.04. The van der Waals surface area contributed by atoms with Gasteiger partial charge in [-0.15, -0.1) is 0 Å². The van der Waals surface area contributed by atoms with Crippen LogP contribution in [0.3, 0.4) is 0 Å². The standard InChI is InChI=1S/C12H25N/c1-8(2)7-9(3)11-5-6-12(13)10(11)4/h8-12H,5-7,13H2,1-4H3. The third-order valence-corrected chi connectivity index (χ3v) is 3.76. The Balaban J connectivity index is 2.43. The van der Waals surface area contributed by atoms with E-state index in [1.165, 1.54) is 19.3 Å². The van der Waals surface area contributed by atoms with Crippen LogP contribution in [0.1, 0.15) is 47.0 Å². The maximum atomic E-state index is 6.04. The van der Waals surface area contributed by atoms with Crippen LogP contribution in [0.2, 0.25) is 0 Å². The molecular formula is C12H25N. The molecule has 1 fully saturated rings. The SMILES string of the molecule is CC(C)CC(C)C1CCC(N)C1C. The van der Waals surface area contributed by atoms with E-state index in [2.05, 4.69) is 27.7 Å². The molecule has 0 amide bonds. The molecule has 1 aliphatic rings. The highest BCUT2D eigenvalue weighted by Crippen LogP contribution is 2.38. The van der Waals surface area contributed by atoms with E-state index in [9.17, 15) is 0 Å². The van der Waals surface area contributed by atoms with Crippen molar-refractivity contribution in [3.8, 4) is 0 Å². The number of nitrogens with two attached hydrogens (primary N) is 1. The highest BCUT2D eigenvalue weighted by atomic mass is 14.7. The van der Waals surface area contributed by atoms with Gasteiger partial charge in [0.15, 0.2) is 0 Å². The average Bonchev–Trinajstić information content (AvgIpc) is 2.31. The fraction of sp³-hybridized carbons (Fsp3) is 1.00. The van der Waals surface area contributed by atoms with Crippen LogP contribution in [0.25, 0.3) is 0 Å². The van der Waals surface area contributed by atoms with Crippen molar-refractivity contribution in [1.82, 2.24) is 0 Å². The van der Waals surface area contributed by atoms with Crippen LogP contribution in [0.15, 0.2) is 0 Å². The summed E-state index contributed by atoms with van der Waals surface area (Å²) < 4.78 is 0. The Morgan fingerprint density at radius 3 is 2.23 bits per heavy atom. The number of rotatable bonds is 3. The van der Waals surface area contributed by atoms with Gasteiger partial charge in [-0.2, -0.15) is 0 Å². The fourth-order valence-electron chi connectivity index (χ4n) is 2.95. The van der Waals surface area contributed by atoms with Crippen molar-refractivity contribution in [1.29, 1.82) is 0 Å². The van der Waals surface area contributed by atoms with E-state index in [1.807, 2.05) is 0 Å². The minimum absolute atomic E-state index is 0.472. The van der Waals surface area contributed by atoms with Gasteiger partial charge in [-0.3, -0.25) is 0 Å². The Labute approximate surface area is 83.1 Å². The van der Waals surface area contributed by atoms with Crippen LogP contribution in [0.4, 0.5) is 0 Å². The molecule has 1 rings (SSSR count). The zero-order valence-electron chi connectivity index (χ0n) is 9.59. The molecule has 0 heterocycles. The van der Waals surface area contributed by atoms with E-state index in [1.54, 1.807) is 0 Å². The first-order valence-electron chi connectivity index (χ1n) is 5.78. The lowest BCUT2D eigenvalue weighted by Crippen LogP contribution is -2.27. The van der Waals surface area contributed by atoms with E-state index in [-0.39, 0.29) is 0 Å². The summed E-state index contributed by atoms with van der Waals surface area (Å²) in [5.74, 6) is 3.33. The van der Waals surface area contributed by atoms with Crippen LogP contribution in [0.5, 0.6) is 0 Å². The first kappa shape index (κ1) is 11.0. The monoisotopic (exact) mass is 183 g/mol. The van der Waals surface area contributed by atoms with Gasteiger partial charge in [0, 0.05) is 6.04 Å². The van der Waals surface area contributed by atoms with Gasteiger partial charge in [-0.25, -0.2) is 0 Å². The summed E-state index contributed by atoms with van der Waals surface area (Å²) >= 11 is 0. The third-order valence-electron chi connectivity index (χ3n) is 3.76. The van der Waals surface area contributed by atoms with Gasteiger partial charge >= 0.3 is 0 Å². The van der Waals surface area contributed by atoms with E-state index >= 15 is 0 Å². The Morgan fingerprint density at radius 1 is 1.23 bits per heavy atom. The average molecular weight is 183 g/mol. The van der Waals surface area contributed by atoms with Crippen LogP contribution < -0.4 is 5.73 Å². The first-order chi connectivity index (χ1) is 6.02. The number of hydrogen-bond donors (Lipinski definition) is 1. The van der Waals surface area contributed by atoms with Crippen molar-refractivity contribution in [2.24, 2.45) is 29.4 Å². The maximum absolute atomic E-state index is 6.04. The van der Waals surface area contributed by atoms with E-state index in [0.717, 1.165) is 23.7 Å². The van der Waals surface area contributed by atoms with Gasteiger partial charge in [0.25, 0.3) is 0 Å². The first-order valence-corrected chi connectivity index (χ1v) is 5.78. The summed E-state index contributed by atoms with van der Waals surface area (Å²) in [7, 11) is 0. The quantitative estimate of drug-likeness (QED) is 0.715. The zero-order valence-corrected chi connectivity index (χ0v) is 9.59. The van der Waals surface area contributed by atoms with Crippen molar-refractivity contribution >= 4 is 0 Å². The Kier molecular flexibility index (Phi) is 3.78. The third kappa shape index (κ3) is 2.70. The van der Waals surface area contributed by atoms with Crippen molar-refractivity contribution in [3.05, 3.63) is 0 Å². The van der Waals surface area contributed by atoms with Crippen molar-refractivity contribution < 1.29 is 0 Å². The summed E-state index contributed by atoms with van der Waals surface area (Å²) in [5, 5.41) is 0. The van der Waals surface area contributed by atoms with Gasteiger partial charge < -0.3 is 5.73 Å².